The Labute approximate surface area is 150 Å². The summed E-state index contributed by atoms with van der Waals surface area (Å²) in [6.45, 7) is 7.76. The summed E-state index contributed by atoms with van der Waals surface area (Å²) in [5, 5.41) is 0. The molecule has 1 aromatic rings. The van der Waals surface area contributed by atoms with Crippen molar-refractivity contribution in [3.05, 3.63) is 24.3 Å². The van der Waals surface area contributed by atoms with Gasteiger partial charge in [0.15, 0.2) is 0 Å². The molecule has 0 radical (unpaired) electrons. The molecule has 1 N–H and O–H groups in total. The second-order valence-electron chi connectivity index (χ2n) is 6.74. The van der Waals surface area contributed by atoms with Crippen molar-refractivity contribution in [1.82, 2.24) is 9.62 Å². The largest absolute Gasteiger partial charge is 0.494 e. The Morgan fingerprint density at radius 1 is 1.20 bits per heavy atom. The highest BCUT2D eigenvalue weighted by atomic mass is 32.2. The molecule has 6 nitrogen and oxygen atoms in total. The molecule has 1 atom stereocenters. The van der Waals surface area contributed by atoms with Gasteiger partial charge in [-0.25, -0.2) is 8.42 Å². The highest BCUT2D eigenvalue weighted by Gasteiger charge is 2.31. The lowest BCUT2D eigenvalue weighted by Gasteiger charge is -2.25. The van der Waals surface area contributed by atoms with Crippen LogP contribution in [-0.2, 0) is 14.8 Å². The Bertz CT molecular complexity index is 665. The van der Waals surface area contributed by atoms with Gasteiger partial charge in [0.05, 0.1) is 11.5 Å². The number of nitrogens with one attached hydrogen (secondary N) is 1. The third-order valence-corrected chi connectivity index (χ3v) is 5.65. The van der Waals surface area contributed by atoms with Crippen LogP contribution in [0, 0.1) is 5.92 Å². The normalized spacial score (nSPS) is 16.2. The SMILES string of the molecule is CCOc1ccc(S(=O)(=O)N[C@H](CC(C)C)C(=O)N2CCCC2)cc1. The van der Waals surface area contributed by atoms with Crippen LogP contribution in [-0.4, -0.2) is 45.0 Å². The summed E-state index contributed by atoms with van der Waals surface area (Å²) >= 11 is 0. The smallest absolute Gasteiger partial charge is 0.241 e. The van der Waals surface area contributed by atoms with Gasteiger partial charge in [0.1, 0.15) is 11.8 Å². The molecule has 25 heavy (non-hydrogen) atoms. The lowest BCUT2D eigenvalue weighted by molar-refractivity contribution is -0.132. The molecule has 0 bridgehead atoms. The van der Waals surface area contributed by atoms with Crippen LogP contribution in [0.1, 0.15) is 40.0 Å². The number of carbonyl (C=O) groups excluding carboxylic acids is 1. The van der Waals surface area contributed by atoms with Crippen molar-refractivity contribution in [2.24, 2.45) is 5.92 Å². The predicted octanol–water partition coefficient (Wildman–Crippen LogP) is 2.40. The summed E-state index contributed by atoms with van der Waals surface area (Å²) < 4.78 is 33.3. The quantitative estimate of drug-likeness (QED) is 0.764. The molecule has 0 unspecified atom stereocenters. The van der Waals surface area contributed by atoms with Gasteiger partial charge in [0.25, 0.3) is 0 Å². The fraction of sp³-hybridized carbons (Fsp3) is 0.611. The molecule has 2 rings (SSSR count). The lowest BCUT2D eigenvalue weighted by atomic mass is 10.0. The van der Waals surface area contributed by atoms with Gasteiger partial charge in [-0.2, -0.15) is 4.72 Å². The standard InChI is InChI=1S/C18H28N2O4S/c1-4-24-15-7-9-16(10-8-15)25(22,23)19-17(13-14(2)3)18(21)20-11-5-6-12-20/h7-10,14,17,19H,4-6,11-13H2,1-3H3/t17-/m1/s1. The molecule has 0 aliphatic carbocycles. The first-order valence-electron chi connectivity index (χ1n) is 8.87. The second kappa shape index (κ2) is 8.67. The maximum absolute atomic E-state index is 12.7. The first kappa shape index (κ1) is 19.7. The van der Waals surface area contributed by atoms with Crippen LogP contribution in [0.4, 0.5) is 0 Å². The van der Waals surface area contributed by atoms with Crippen LogP contribution >= 0.6 is 0 Å². The number of rotatable bonds is 8. The molecule has 0 aromatic heterocycles. The molecular formula is C18H28N2O4S. The molecule has 1 amide bonds. The third-order valence-electron chi connectivity index (χ3n) is 4.17. The monoisotopic (exact) mass is 368 g/mol. The van der Waals surface area contributed by atoms with E-state index < -0.39 is 16.1 Å². The van der Waals surface area contributed by atoms with E-state index in [-0.39, 0.29) is 16.7 Å². The minimum atomic E-state index is -3.76. The maximum Gasteiger partial charge on any atom is 0.241 e. The predicted molar refractivity (Wildman–Crippen MR) is 97.0 cm³/mol. The molecule has 1 fully saturated rings. The Kier molecular flexibility index (Phi) is 6.84. The van der Waals surface area contributed by atoms with Gasteiger partial charge in [0, 0.05) is 13.1 Å². The average Bonchev–Trinajstić information content (AvgIpc) is 3.08. The number of hydrogen-bond acceptors (Lipinski definition) is 4. The molecule has 1 heterocycles. The van der Waals surface area contributed by atoms with E-state index >= 15 is 0 Å². The van der Waals surface area contributed by atoms with E-state index in [0.29, 0.717) is 31.9 Å². The van der Waals surface area contributed by atoms with Crippen molar-refractivity contribution >= 4 is 15.9 Å². The van der Waals surface area contributed by atoms with Gasteiger partial charge < -0.3 is 9.64 Å². The summed E-state index contributed by atoms with van der Waals surface area (Å²) in [7, 11) is -3.76. The fourth-order valence-electron chi connectivity index (χ4n) is 2.97. The summed E-state index contributed by atoms with van der Waals surface area (Å²) in [5.74, 6) is 0.702. The van der Waals surface area contributed by atoms with Gasteiger partial charge >= 0.3 is 0 Å². The number of carbonyl (C=O) groups is 1. The number of ether oxygens (including phenoxy) is 1. The van der Waals surface area contributed by atoms with Crippen molar-refractivity contribution in [3.63, 3.8) is 0 Å². The minimum absolute atomic E-state index is 0.124. The van der Waals surface area contributed by atoms with Crippen LogP contribution in [0.25, 0.3) is 0 Å². The summed E-state index contributed by atoms with van der Waals surface area (Å²) in [6.07, 6.45) is 2.43. The van der Waals surface area contributed by atoms with Gasteiger partial charge in [-0.1, -0.05) is 13.8 Å². The number of hydrogen-bond donors (Lipinski definition) is 1. The molecular weight excluding hydrogens is 340 g/mol. The van der Waals surface area contributed by atoms with Crippen molar-refractivity contribution in [1.29, 1.82) is 0 Å². The van der Waals surface area contributed by atoms with E-state index in [1.165, 1.54) is 12.1 Å². The highest BCUT2D eigenvalue weighted by molar-refractivity contribution is 7.89. The number of benzene rings is 1. The van der Waals surface area contributed by atoms with Gasteiger partial charge in [-0.15, -0.1) is 0 Å². The Morgan fingerprint density at radius 2 is 1.80 bits per heavy atom. The molecule has 1 aromatic carbocycles. The van der Waals surface area contributed by atoms with Crippen LogP contribution in [0.5, 0.6) is 5.75 Å². The lowest BCUT2D eigenvalue weighted by Crippen LogP contribution is -2.48. The third kappa shape index (κ3) is 5.44. The molecule has 1 saturated heterocycles. The zero-order chi connectivity index (χ0) is 18.4. The van der Waals surface area contributed by atoms with E-state index in [0.717, 1.165) is 12.8 Å². The first-order valence-corrected chi connectivity index (χ1v) is 10.4. The molecule has 1 aliphatic heterocycles. The Hall–Kier alpha value is -1.60. The van der Waals surface area contributed by atoms with E-state index in [9.17, 15) is 13.2 Å². The molecule has 0 spiro atoms. The Balaban J connectivity index is 2.15. The van der Waals surface area contributed by atoms with Gasteiger partial charge in [0.2, 0.25) is 15.9 Å². The Morgan fingerprint density at radius 3 is 2.32 bits per heavy atom. The summed E-state index contributed by atoms with van der Waals surface area (Å²) in [4.78, 5) is 14.6. The van der Waals surface area contributed by atoms with E-state index in [2.05, 4.69) is 4.72 Å². The number of sulfonamides is 1. The van der Waals surface area contributed by atoms with Crippen LogP contribution in [0.15, 0.2) is 29.2 Å². The van der Waals surface area contributed by atoms with Crippen molar-refractivity contribution in [2.75, 3.05) is 19.7 Å². The number of amides is 1. The van der Waals surface area contributed by atoms with Gasteiger partial charge in [-0.3, -0.25) is 4.79 Å². The molecule has 0 saturated carbocycles. The molecule has 7 heteroatoms. The number of nitrogens with zero attached hydrogens (tertiary/aromatic N) is 1. The van der Waals surface area contributed by atoms with Crippen molar-refractivity contribution < 1.29 is 17.9 Å². The first-order chi connectivity index (χ1) is 11.8. The van der Waals surface area contributed by atoms with E-state index in [1.807, 2.05) is 20.8 Å². The van der Waals surface area contributed by atoms with Crippen molar-refractivity contribution in [3.8, 4) is 5.75 Å². The highest BCUT2D eigenvalue weighted by Crippen LogP contribution is 2.19. The topological polar surface area (TPSA) is 75.7 Å². The number of likely N-dealkylation sites (tertiary alicyclic amines) is 1. The molecule has 140 valence electrons. The maximum atomic E-state index is 12.7. The van der Waals surface area contributed by atoms with E-state index in [1.54, 1.807) is 17.0 Å². The zero-order valence-electron chi connectivity index (χ0n) is 15.2. The summed E-state index contributed by atoms with van der Waals surface area (Å²) in [6, 6.07) is 5.52. The fourth-order valence-corrected chi connectivity index (χ4v) is 4.17. The van der Waals surface area contributed by atoms with E-state index in [4.69, 9.17) is 4.74 Å². The van der Waals surface area contributed by atoms with Crippen LogP contribution < -0.4 is 9.46 Å². The zero-order valence-corrected chi connectivity index (χ0v) is 16.0. The van der Waals surface area contributed by atoms with Gasteiger partial charge in [-0.05, 0) is 56.4 Å². The summed E-state index contributed by atoms with van der Waals surface area (Å²) in [5.41, 5.74) is 0. The van der Waals surface area contributed by atoms with Crippen molar-refractivity contribution in [2.45, 2.75) is 51.0 Å². The minimum Gasteiger partial charge on any atom is -0.494 e. The second-order valence-corrected chi connectivity index (χ2v) is 8.45. The van der Waals surface area contributed by atoms with Crippen LogP contribution in [0.3, 0.4) is 0 Å². The van der Waals surface area contributed by atoms with Crippen LogP contribution in [0.2, 0.25) is 0 Å². The molecule has 1 aliphatic rings. The average molecular weight is 368 g/mol.